The highest BCUT2D eigenvalue weighted by molar-refractivity contribution is 6.30. The van der Waals surface area contributed by atoms with Gasteiger partial charge in [0.2, 0.25) is 0 Å². The number of nitrogens with one attached hydrogen (secondary N) is 1. The molecule has 0 bridgehead atoms. The van der Waals surface area contributed by atoms with Crippen LogP contribution < -0.4 is 11.1 Å². The van der Waals surface area contributed by atoms with Gasteiger partial charge < -0.3 is 11.1 Å². The van der Waals surface area contributed by atoms with E-state index in [-0.39, 0.29) is 5.91 Å². The first-order valence-corrected chi connectivity index (χ1v) is 6.86. The van der Waals surface area contributed by atoms with Crippen molar-refractivity contribution in [3.8, 4) is 0 Å². The number of anilines is 2. The summed E-state index contributed by atoms with van der Waals surface area (Å²) in [7, 11) is 0. The lowest BCUT2D eigenvalue weighted by molar-refractivity contribution is 0.102. The number of hydrogen-bond acceptors (Lipinski definition) is 2. The Hall–Kier alpha value is -2.52. The maximum absolute atomic E-state index is 12.3. The van der Waals surface area contributed by atoms with E-state index in [1.54, 1.807) is 30.3 Å². The summed E-state index contributed by atoms with van der Waals surface area (Å²) in [6.45, 7) is 0. The average Bonchev–Trinajstić information content (AvgIpc) is 2.49. The van der Waals surface area contributed by atoms with Crippen LogP contribution in [0.2, 0.25) is 5.02 Å². The molecule has 0 aliphatic carbocycles. The molecule has 0 aromatic heterocycles. The van der Waals surface area contributed by atoms with Gasteiger partial charge in [-0.25, -0.2) is 0 Å². The van der Waals surface area contributed by atoms with Gasteiger partial charge in [-0.15, -0.1) is 0 Å². The summed E-state index contributed by atoms with van der Waals surface area (Å²) < 4.78 is 0. The topological polar surface area (TPSA) is 55.1 Å². The molecule has 0 heterocycles. The van der Waals surface area contributed by atoms with Gasteiger partial charge in [-0.3, -0.25) is 4.79 Å². The molecule has 0 unspecified atom stereocenters. The second-order valence-electron chi connectivity index (χ2n) is 4.75. The molecule has 0 saturated carbocycles. The van der Waals surface area contributed by atoms with Crippen molar-refractivity contribution in [3.05, 3.63) is 71.2 Å². The van der Waals surface area contributed by atoms with Crippen LogP contribution in [0, 0.1) is 0 Å². The predicted octanol–water partition coefficient (Wildman–Crippen LogP) is 4.33. The van der Waals surface area contributed by atoms with Gasteiger partial charge in [-0.05, 0) is 47.2 Å². The lowest BCUT2D eigenvalue weighted by Crippen LogP contribution is -2.14. The fraction of sp³-hybridized carbons (Fsp3) is 0. The number of benzene rings is 3. The van der Waals surface area contributed by atoms with Crippen molar-refractivity contribution < 1.29 is 4.79 Å². The van der Waals surface area contributed by atoms with Gasteiger partial charge in [0.05, 0.1) is 5.56 Å². The second-order valence-corrected chi connectivity index (χ2v) is 5.18. The minimum absolute atomic E-state index is 0.236. The predicted molar refractivity (Wildman–Crippen MR) is 87.8 cm³/mol. The van der Waals surface area contributed by atoms with Gasteiger partial charge in [0.15, 0.2) is 0 Å². The molecule has 3 nitrogen and oxygen atoms in total. The number of hydrogen-bond donors (Lipinski definition) is 2. The number of carbonyl (C=O) groups is 1. The summed E-state index contributed by atoms with van der Waals surface area (Å²) in [5, 5.41) is 5.43. The highest BCUT2D eigenvalue weighted by Gasteiger charge is 2.11. The van der Waals surface area contributed by atoms with Crippen molar-refractivity contribution >= 4 is 39.7 Å². The molecule has 0 spiro atoms. The summed E-state index contributed by atoms with van der Waals surface area (Å²) >= 11 is 5.82. The van der Waals surface area contributed by atoms with Crippen LogP contribution in [0.3, 0.4) is 0 Å². The van der Waals surface area contributed by atoms with Crippen molar-refractivity contribution in [2.24, 2.45) is 0 Å². The largest absolute Gasteiger partial charge is 0.398 e. The Kier molecular flexibility index (Phi) is 3.50. The molecular formula is C17H13ClN2O. The molecule has 0 atom stereocenters. The lowest BCUT2D eigenvalue weighted by atomic mass is 10.0. The Morgan fingerprint density at radius 2 is 1.57 bits per heavy atom. The highest BCUT2D eigenvalue weighted by Crippen LogP contribution is 2.23. The zero-order valence-electron chi connectivity index (χ0n) is 11.1. The average molecular weight is 297 g/mol. The van der Waals surface area contributed by atoms with E-state index in [1.165, 1.54) is 0 Å². The smallest absolute Gasteiger partial charge is 0.257 e. The Labute approximate surface area is 127 Å². The molecule has 0 saturated heterocycles. The van der Waals surface area contributed by atoms with Crippen LogP contribution in [0.15, 0.2) is 60.7 Å². The van der Waals surface area contributed by atoms with Gasteiger partial charge in [-0.2, -0.15) is 0 Å². The van der Waals surface area contributed by atoms with Gasteiger partial charge in [-0.1, -0.05) is 35.9 Å². The van der Waals surface area contributed by atoms with E-state index in [0.717, 1.165) is 10.8 Å². The van der Waals surface area contributed by atoms with Gasteiger partial charge >= 0.3 is 0 Å². The van der Waals surface area contributed by atoms with Gasteiger partial charge in [0.25, 0.3) is 5.91 Å². The zero-order valence-corrected chi connectivity index (χ0v) is 11.9. The van der Waals surface area contributed by atoms with Crippen molar-refractivity contribution in [1.82, 2.24) is 0 Å². The Balaban J connectivity index is 1.93. The number of nitrogens with two attached hydrogens (primary N) is 1. The molecule has 3 rings (SSSR count). The third-order valence-electron chi connectivity index (χ3n) is 3.26. The lowest BCUT2D eigenvalue weighted by Gasteiger charge is -2.09. The zero-order chi connectivity index (χ0) is 14.8. The number of carbonyl (C=O) groups excluding carboxylic acids is 1. The number of rotatable bonds is 2. The minimum Gasteiger partial charge on any atom is -0.398 e. The van der Waals surface area contributed by atoms with E-state index < -0.39 is 0 Å². The molecule has 3 N–H and O–H groups in total. The van der Waals surface area contributed by atoms with E-state index >= 15 is 0 Å². The summed E-state index contributed by atoms with van der Waals surface area (Å²) in [6.07, 6.45) is 0. The number of fused-ring (bicyclic) bond motifs is 1. The first kappa shape index (κ1) is 13.5. The molecule has 104 valence electrons. The number of nitrogen functional groups attached to an aromatic ring is 1. The molecule has 4 heteroatoms. The van der Waals surface area contributed by atoms with Crippen LogP contribution in [0.4, 0.5) is 11.4 Å². The van der Waals surface area contributed by atoms with E-state index in [4.69, 9.17) is 17.3 Å². The second kappa shape index (κ2) is 5.46. The first-order valence-electron chi connectivity index (χ1n) is 6.49. The van der Waals surface area contributed by atoms with Crippen molar-refractivity contribution in [1.29, 1.82) is 0 Å². The summed E-state index contributed by atoms with van der Waals surface area (Å²) in [6, 6.07) is 18.3. The summed E-state index contributed by atoms with van der Waals surface area (Å²) in [5.74, 6) is -0.236. The molecular weight excluding hydrogens is 284 g/mol. The Bertz CT molecular complexity index is 813. The summed E-state index contributed by atoms with van der Waals surface area (Å²) in [4.78, 5) is 12.3. The summed E-state index contributed by atoms with van der Waals surface area (Å²) in [5.41, 5.74) is 7.58. The molecule has 21 heavy (non-hydrogen) atoms. The molecule has 0 aliphatic heterocycles. The van der Waals surface area contributed by atoms with Crippen molar-refractivity contribution in [2.75, 3.05) is 11.1 Å². The molecule has 0 radical (unpaired) electrons. The monoisotopic (exact) mass is 296 g/mol. The standard InChI is InChI=1S/C17H13ClN2O/c18-13-5-7-14(8-6-13)20-17(21)15-9-11-3-1-2-4-12(11)10-16(15)19/h1-10H,19H2,(H,20,21). The van der Waals surface area contributed by atoms with E-state index in [2.05, 4.69) is 5.32 Å². The fourth-order valence-electron chi connectivity index (χ4n) is 2.19. The SMILES string of the molecule is Nc1cc2ccccc2cc1C(=O)Nc1ccc(Cl)cc1. The van der Waals surface area contributed by atoms with E-state index in [1.807, 2.05) is 30.3 Å². The van der Waals surface area contributed by atoms with Crippen molar-refractivity contribution in [2.45, 2.75) is 0 Å². The van der Waals surface area contributed by atoms with E-state index in [0.29, 0.717) is 22.0 Å². The quantitative estimate of drug-likeness (QED) is 0.692. The van der Waals surface area contributed by atoms with Crippen molar-refractivity contribution in [3.63, 3.8) is 0 Å². The normalized spacial score (nSPS) is 10.5. The van der Waals surface area contributed by atoms with E-state index in [9.17, 15) is 4.79 Å². The molecule has 0 fully saturated rings. The van der Waals surface area contributed by atoms with Crippen LogP contribution in [0.1, 0.15) is 10.4 Å². The van der Waals surface area contributed by atoms with Crippen LogP contribution in [-0.2, 0) is 0 Å². The Morgan fingerprint density at radius 3 is 2.24 bits per heavy atom. The minimum atomic E-state index is -0.236. The van der Waals surface area contributed by atoms with Crippen LogP contribution >= 0.6 is 11.6 Å². The third kappa shape index (κ3) is 2.83. The highest BCUT2D eigenvalue weighted by atomic mass is 35.5. The first-order chi connectivity index (χ1) is 10.1. The van der Waals surface area contributed by atoms with Gasteiger partial charge in [0, 0.05) is 16.4 Å². The maximum atomic E-state index is 12.3. The van der Waals surface area contributed by atoms with Crippen LogP contribution in [-0.4, -0.2) is 5.91 Å². The molecule has 3 aromatic carbocycles. The maximum Gasteiger partial charge on any atom is 0.257 e. The number of amides is 1. The molecule has 1 amide bonds. The molecule has 3 aromatic rings. The fourth-order valence-corrected chi connectivity index (χ4v) is 2.31. The Morgan fingerprint density at radius 1 is 0.952 bits per heavy atom. The third-order valence-corrected chi connectivity index (χ3v) is 3.52. The van der Waals surface area contributed by atoms with Crippen LogP contribution in [0.25, 0.3) is 10.8 Å². The number of halogens is 1. The van der Waals surface area contributed by atoms with Gasteiger partial charge in [0.1, 0.15) is 0 Å². The van der Waals surface area contributed by atoms with Crippen LogP contribution in [0.5, 0.6) is 0 Å². The molecule has 0 aliphatic rings.